The highest BCUT2D eigenvalue weighted by Crippen LogP contribution is 2.26. The predicted molar refractivity (Wildman–Crippen MR) is 68.6 cm³/mol. The number of carbonyl (C=O) groups excluding carboxylic acids is 1. The third kappa shape index (κ3) is 2.33. The molecular weight excluding hydrogens is 214 g/mol. The molecule has 2 saturated heterocycles. The number of nitrogens with zero attached hydrogens (tertiary/aromatic N) is 2. The smallest absolute Gasteiger partial charge is 0.243 e. The van der Waals surface area contributed by atoms with E-state index in [0.717, 1.165) is 19.5 Å². The summed E-state index contributed by atoms with van der Waals surface area (Å²) in [6.07, 6.45) is 2.26. The summed E-state index contributed by atoms with van der Waals surface area (Å²) in [5.74, 6) is 0.925. The second-order valence-corrected chi connectivity index (χ2v) is 5.88. The first-order chi connectivity index (χ1) is 7.96. The first-order valence-electron chi connectivity index (χ1n) is 6.73. The van der Waals surface area contributed by atoms with Crippen LogP contribution in [0.2, 0.25) is 0 Å². The topological polar surface area (TPSA) is 35.6 Å². The molecular formula is C13H25N3O. The summed E-state index contributed by atoms with van der Waals surface area (Å²) in [5.41, 5.74) is -0.343. The summed E-state index contributed by atoms with van der Waals surface area (Å²) in [6, 6.07) is 0. The Morgan fingerprint density at radius 3 is 2.71 bits per heavy atom. The molecule has 1 amide bonds. The van der Waals surface area contributed by atoms with E-state index >= 15 is 0 Å². The van der Waals surface area contributed by atoms with Crippen LogP contribution in [0.1, 0.15) is 33.6 Å². The van der Waals surface area contributed by atoms with E-state index in [4.69, 9.17) is 0 Å². The summed E-state index contributed by atoms with van der Waals surface area (Å²) in [5, 5.41) is 3.43. The predicted octanol–water partition coefficient (Wildman–Crippen LogP) is 0.885. The van der Waals surface area contributed by atoms with Crippen LogP contribution in [0.3, 0.4) is 0 Å². The summed E-state index contributed by atoms with van der Waals surface area (Å²) >= 11 is 0. The molecule has 0 aliphatic carbocycles. The molecule has 4 nitrogen and oxygen atoms in total. The molecule has 0 radical (unpaired) electrons. The van der Waals surface area contributed by atoms with Gasteiger partial charge in [-0.05, 0) is 46.2 Å². The van der Waals surface area contributed by atoms with Crippen LogP contribution in [-0.2, 0) is 4.79 Å². The molecule has 17 heavy (non-hydrogen) atoms. The van der Waals surface area contributed by atoms with E-state index in [-0.39, 0.29) is 17.6 Å². The third-order valence-corrected chi connectivity index (χ3v) is 4.38. The van der Waals surface area contributed by atoms with Gasteiger partial charge in [-0.2, -0.15) is 0 Å². The van der Waals surface area contributed by atoms with E-state index in [0.29, 0.717) is 5.92 Å². The van der Waals surface area contributed by atoms with Gasteiger partial charge in [0.15, 0.2) is 0 Å². The van der Waals surface area contributed by atoms with Crippen molar-refractivity contribution in [2.75, 3.05) is 26.7 Å². The first kappa shape index (κ1) is 12.8. The van der Waals surface area contributed by atoms with Gasteiger partial charge in [-0.15, -0.1) is 0 Å². The lowest BCUT2D eigenvalue weighted by molar-refractivity contribution is -0.133. The molecule has 1 N–H and O–H groups in total. The van der Waals surface area contributed by atoms with E-state index < -0.39 is 0 Å². The molecule has 0 aromatic rings. The van der Waals surface area contributed by atoms with Crippen molar-refractivity contribution >= 4 is 5.91 Å². The molecule has 2 aliphatic rings. The maximum Gasteiger partial charge on any atom is 0.243 e. The maximum atomic E-state index is 12.4. The van der Waals surface area contributed by atoms with E-state index in [1.54, 1.807) is 0 Å². The summed E-state index contributed by atoms with van der Waals surface area (Å²) in [4.78, 5) is 16.8. The lowest BCUT2D eigenvalue weighted by Crippen LogP contribution is -2.43. The zero-order valence-corrected chi connectivity index (χ0v) is 11.5. The molecule has 98 valence electrons. The molecule has 0 bridgehead atoms. The molecule has 3 unspecified atom stereocenters. The zero-order chi connectivity index (χ0) is 12.6. The quantitative estimate of drug-likeness (QED) is 0.794. The largest absolute Gasteiger partial charge is 0.326 e. The number of hydrogen-bond acceptors (Lipinski definition) is 3. The minimum atomic E-state index is -0.343. The standard InChI is InChI=1S/C13H25N3O/c1-5-13(3)12(17)16(10(2)14-13)9-11-6-7-15(4)8-11/h10-11,14H,5-9H2,1-4H3. The molecule has 0 aromatic heterocycles. The lowest BCUT2D eigenvalue weighted by Gasteiger charge is -2.25. The van der Waals surface area contributed by atoms with Crippen molar-refractivity contribution in [2.24, 2.45) is 5.92 Å². The fraction of sp³-hybridized carbons (Fsp3) is 0.923. The summed E-state index contributed by atoms with van der Waals surface area (Å²) in [7, 11) is 2.16. The molecule has 3 atom stereocenters. The van der Waals surface area contributed by atoms with E-state index in [2.05, 4.69) is 31.1 Å². The van der Waals surface area contributed by atoms with Crippen molar-refractivity contribution in [1.82, 2.24) is 15.1 Å². The normalized spacial score (nSPS) is 39.3. The molecule has 4 heteroatoms. The van der Waals surface area contributed by atoms with Crippen molar-refractivity contribution in [3.05, 3.63) is 0 Å². The van der Waals surface area contributed by atoms with Crippen LogP contribution in [0.4, 0.5) is 0 Å². The molecule has 2 aliphatic heterocycles. The lowest BCUT2D eigenvalue weighted by atomic mass is 9.99. The molecule has 2 fully saturated rings. The van der Waals surface area contributed by atoms with Gasteiger partial charge >= 0.3 is 0 Å². The molecule has 0 aromatic carbocycles. The van der Waals surface area contributed by atoms with Crippen LogP contribution in [0.15, 0.2) is 0 Å². The fourth-order valence-corrected chi connectivity index (χ4v) is 3.04. The summed E-state index contributed by atoms with van der Waals surface area (Å²) in [6.45, 7) is 9.39. The van der Waals surface area contributed by atoms with Crippen LogP contribution in [0.25, 0.3) is 0 Å². The average molecular weight is 239 g/mol. The zero-order valence-electron chi connectivity index (χ0n) is 11.5. The minimum Gasteiger partial charge on any atom is -0.326 e. The van der Waals surface area contributed by atoms with Crippen molar-refractivity contribution in [1.29, 1.82) is 0 Å². The van der Waals surface area contributed by atoms with Crippen LogP contribution < -0.4 is 5.32 Å². The Labute approximate surface area is 104 Å². The van der Waals surface area contributed by atoms with E-state index in [1.165, 1.54) is 13.0 Å². The van der Waals surface area contributed by atoms with E-state index in [9.17, 15) is 4.79 Å². The van der Waals surface area contributed by atoms with Crippen LogP contribution in [0.5, 0.6) is 0 Å². The monoisotopic (exact) mass is 239 g/mol. The van der Waals surface area contributed by atoms with Gasteiger partial charge in [0.25, 0.3) is 0 Å². The highest BCUT2D eigenvalue weighted by Gasteiger charge is 2.45. The van der Waals surface area contributed by atoms with E-state index in [1.807, 2.05) is 11.8 Å². The Morgan fingerprint density at radius 2 is 2.24 bits per heavy atom. The Hall–Kier alpha value is -0.610. The van der Waals surface area contributed by atoms with Gasteiger partial charge in [0.05, 0.1) is 11.7 Å². The minimum absolute atomic E-state index is 0.179. The van der Waals surface area contributed by atoms with Crippen LogP contribution in [0, 0.1) is 5.92 Å². The highest BCUT2D eigenvalue weighted by atomic mass is 16.2. The second kappa shape index (κ2) is 4.58. The van der Waals surface area contributed by atoms with Crippen molar-refractivity contribution in [3.8, 4) is 0 Å². The summed E-state index contributed by atoms with van der Waals surface area (Å²) < 4.78 is 0. The van der Waals surface area contributed by atoms with Gasteiger partial charge in [0.1, 0.15) is 0 Å². The third-order valence-electron chi connectivity index (χ3n) is 4.38. The van der Waals surface area contributed by atoms with Gasteiger partial charge in [-0.1, -0.05) is 6.92 Å². The SMILES string of the molecule is CCC1(C)NC(C)N(CC2CCN(C)C2)C1=O. The Kier molecular flexibility index (Phi) is 3.46. The number of nitrogens with one attached hydrogen (secondary N) is 1. The number of amides is 1. The Balaban J connectivity index is 1.99. The molecule has 2 rings (SSSR count). The van der Waals surface area contributed by atoms with Crippen molar-refractivity contribution in [2.45, 2.75) is 45.3 Å². The van der Waals surface area contributed by atoms with Gasteiger partial charge in [-0.3, -0.25) is 10.1 Å². The van der Waals surface area contributed by atoms with Gasteiger partial charge < -0.3 is 9.80 Å². The van der Waals surface area contributed by atoms with Crippen molar-refractivity contribution < 1.29 is 4.79 Å². The van der Waals surface area contributed by atoms with Crippen LogP contribution >= 0.6 is 0 Å². The molecule has 0 saturated carbocycles. The van der Waals surface area contributed by atoms with Crippen molar-refractivity contribution in [3.63, 3.8) is 0 Å². The number of hydrogen-bond donors (Lipinski definition) is 1. The average Bonchev–Trinajstić information content (AvgIpc) is 2.78. The number of likely N-dealkylation sites (tertiary alicyclic amines) is 1. The van der Waals surface area contributed by atoms with Gasteiger partial charge in [-0.25, -0.2) is 0 Å². The van der Waals surface area contributed by atoms with Crippen LogP contribution in [-0.4, -0.2) is 54.1 Å². The Bertz CT molecular complexity index is 307. The second-order valence-electron chi connectivity index (χ2n) is 5.88. The van der Waals surface area contributed by atoms with Gasteiger partial charge in [0, 0.05) is 13.1 Å². The van der Waals surface area contributed by atoms with Gasteiger partial charge in [0.2, 0.25) is 5.91 Å². The molecule has 0 spiro atoms. The first-order valence-corrected chi connectivity index (χ1v) is 6.73. The fourth-order valence-electron chi connectivity index (χ4n) is 3.04. The maximum absolute atomic E-state index is 12.4. The number of carbonyl (C=O) groups is 1. The number of rotatable bonds is 3. The molecule has 2 heterocycles. The highest BCUT2D eigenvalue weighted by molar-refractivity contribution is 5.88. The Morgan fingerprint density at radius 1 is 1.53 bits per heavy atom.